The third kappa shape index (κ3) is 5.29. The van der Waals surface area contributed by atoms with E-state index in [1.54, 1.807) is 0 Å². The van der Waals surface area contributed by atoms with Crippen molar-refractivity contribution in [2.24, 2.45) is 0 Å². The lowest BCUT2D eigenvalue weighted by molar-refractivity contribution is -0.177. The molecule has 0 bridgehead atoms. The van der Waals surface area contributed by atoms with E-state index >= 15 is 0 Å². The second-order valence-corrected chi connectivity index (χ2v) is 5.88. The van der Waals surface area contributed by atoms with Crippen LogP contribution in [0.5, 0.6) is 0 Å². The minimum Gasteiger partial charge on any atom is -0.394 e. The van der Waals surface area contributed by atoms with Gasteiger partial charge in [-0.25, -0.2) is 0 Å². The molecular weight excluding hydrogens is 292 g/mol. The lowest BCUT2D eigenvalue weighted by atomic mass is 9.96. The molecule has 0 saturated carbocycles. The molecule has 0 aliphatic carbocycles. The summed E-state index contributed by atoms with van der Waals surface area (Å²) in [5, 5.41) is 28.9. The number of aliphatic hydroxyl groups excluding tert-OH is 3. The SMILES string of the molecule is CC/C=C/c1cccc(/C=C/C[C@H]2O[C@H](CO)[C@@H](O)C[C@@H]2O)c1. The normalized spacial score (nSPS) is 28.7. The number of ether oxygens (including phenoxy) is 1. The van der Waals surface area contributed by atoms with E-state index in [-0.39, 0.29) is 13.0 Å². The Morgan fingerprint density at radius 3 is 2.39 bits per heavy atom. The van der Waals surface area contributed by atoms with Crippen LogP contribution >= 0.6 is 0 Å². The Morgan fingerprint density at radius 2 is 1.74 bits per heavy atom. The van der Waals surface area contributed by atoms with Gasteiger partial charge in [-0.1, -0.05) is 49.4 Å². The van der Waals surface area contributed by atoms with E-state index in [4.69, 9.17) is 4.74 Å². The molecule has 1 aliphatic rings. The van der Waals surface area contributed by atoms with E-state index in [0.717, 1.165) is 17.5 Å². The summed E-state index contributed by atoms with van der Waals surface area (Å²) in [5.41, 5.74) is 2.25. The van der Waals surface area contributed by atoms with Gasteiger partial charge in [0.05, 0.1) is 24.9 Å². The summed E-state index contributed by atoms with van der Waals surface area (Å²) < 4.78 is 5.56. The van der Waals surface area contributed by atoms with Gasteiger partial charge in [-0.05, 0) is 30.0 Å². The molecule has 4 atom stereocenters. The Labute approximate surface area is 137 Å². The van der Waals surface area contributed by atoms with Crippen LogP contribution in [0.3, 0.4) is 0 Å². The molecule has 2 rings (SSSR count). The van der Waals surface area contributed by atoms with Gasteiger partial charge in [0.1, 0.15) is 6.10 Å². The maximum absolute atomic E-state index is 9.98. The largest absolute Gasteiger partial charge is 0.394 e. The molecule has 0 unspecified atom stereocenters. The summed E-state index contributed by atoms with van der Waals surface area (Å²) in [4.78, 5) is 0. The van der Waals surface area contributed by atoms with Crippen LogP contribution < -0.4 is 0 Å². The number of rotatable bonds is 6. The van der Waals surface area contributed by atoms with Crippen LogP contribution in [0.15, 0.2) is 36.4 Å². The molecule has 1 aromatic rings. The topological polar surface area (TPSA) is 69.9 Å². The zero-order chi connectivity index (χ0) is 16.7. The molecule has 1 saturated heterocycles. The van der Waals surface area contributed by atoms with Crippen molar-refractivity contribution in [1.82, 2.24) is 0 Å². The molecule has 1 aromatic carbocycles. The fraction of sp³-hybridized carbons (Fsp3) is 0.474. The molecule has 3 N–H and O–H groups in total. The molecule has 23 heavy (non-hydrogen) atoms. The summed E-state index contributed by atoms with van der Waals surface area (Å²) in [7, 11) is 0. The Kier molecular flexibility index (Phi) is 6.99. The molecule has 4 nitrogen and oxygen atoms in total. The van der Waals surface area contributed by atoms with E-state index in [9.17, 15) is 15.3 Å². The molecule has 4 heteroatoms. The van der Waals surface area contributed by atoms with Crippen LogP contribution in [0.4, 0.5) is 0 Å². The summed E-state index contributed by atoms with van der Waals surface area (Å²) in [6.45, 7) is 1.87. The first-order valence-electron chi connectivity index (χ1n) is 8.19. The van der Waals surface area contributed by atoms with Gasteiger partial charge in [-0.2, -0.15) is 0 Å². The quantitative estimate of drug-likeness (QED) is 0.753. The Balaban J connectivity index is 1.94. The fourth-order valence-electron chi connectivity index (χ4n) is 2.69. The van der Waals surface area contributed by atoms with Crippen molar-refractivity contribution < 1.29 is 20.1 Å². The zero-order valence-corrected chi connectivity index (χ0v) is 13.5. The third-order valence-corrected chi connectivity index (χ3v) is 4.01. The molecular formula is C19H26O4. The van der Waals surface area contributed by atoms with Crippen LogP contribution in [-0.4, -0.2) is 46.3 Å². The van der Waals surface area contributed by atoms with Gasteiger partial charge in [0.25, 0.3) is 0 Å². The zero-order valence-electron chi connectivity index (χ0n) is 13.5. The number of benzene rings is 1. The highest BCUT2D eigenvalue weighted by atomic mass is 16.5. The first kappa shape index (κ1) is 17.9. The number of hydrogen-bond donors (Lipinski definition) is 3. The summed E-state index contributed by atoms with van der Waals surface area (Å²) >= 11 is 0. The second-order valence-electron chi connectivity index (χ2n) is 5.88. The van der Waals surface area contributed by atoms with Crippen molar-refractivity contribution >= 4 is 12.2 Å². The van der Waals surface area contributed by atoms with E-state index in [1.165, 1.54) is 0 Å². The molecule has 0 radical (unpaired) electrons. The predicted molar refractivity (Wildman–Crippen MR) is 91.8 cm³/mol. The van der Waals surface area contributed by atoms with Gasteiger partial charge < -0.3 is 20.1 Å². The number of allylic oxidation sites excluding steroid dienone is 1. The van der Waals surface area contributed by atoms with Gasteiger partial charge in [0.15, 0.2) is 0 Å². The summed E-state index contributed by atoms with van der Waals surface area (Å²) in [5.74, 6) is 0. The molecule has 1 heterocycles. The fourth-order valence-corrected chi connectivity index (χ4v) is 2.69. The highest BCUT2D eigenvalue weighted by molar-refractivity contribution is 5.57. The van der Waals surface area contributed by atoms with Crippen molar-refractivity contribution in [3.63, 3.8) is 0 Å². The van der Waals surface area contributed by atoms with Crippen LogP contribution in [0.25, 0.3) is 12.2 Å². The molecule has 0 spiro atoms. The monoisotopic (exact) mass is 318 g/mol. The average Bonchev–Trinajstić information content (AvgIpc) is 2.55. The van der Waals surface area contributed by atoms with E-state index in [0.29, 0.717) is 6.42 Å². The lowest BCUT2D eigenvalue weighted by Crippen LogP contribution is -2.48. The smallest absolute Gasteiger partial charge is 0.107 e. The van der Waals surface area contributed by atoms with Crippen molar-refractivity contribution in [1.29, 1.82) is 0 Å². The maximum Gasteiger partial charge on any atom is 0.107 e. The number of hydrogen-bond acceptors (Lipinski definition) is 4. The minimum absolute atomic E-state index is 0.236. The van der Waals surface area contributed by atoms with Crippen molar-refractivity contribution in [2.45, 2.75) is 50.6 Å². The van der Waals surface area contributed by atoms with Crippen LogP contribution in [0.2, 0.25) is 0 Å². The van der Waals surface area contributed by atoms with Crippen LogP contribution in [0.1, 0.15) is 37.3 Å². The van der Waals surface area contributed by atoms with Gasteiger partial charge in [-0.15, -0.1) is 0 Å². The van der Waals surface area contributed by atoms with Crippen LogP contribution in [-0.2, 0) is 4.74 Å². The highest BCUT2D eigenvalue weighted by Crippen LogP contribution is 2.23. The van der Waals surface area contributed by atoms with Gasteiger partial charge in [0.2, 0.25) is 0 Å². The minimum atomic E-state index is -0.808. The van der Waals surface area contributed by atoms with Crippen molar-refractivity contribution in [3.8, 4) is 0 Å². The van der Waals surface area contributed by atoms with Gasteiger partial charge >= 0.3 is 0 Å². The van der Waals surface area contributed by atoms with E-state index in [2.05, 4.69) is 31.2 Å². The Hall–Kier alpha value is -1.46. The van der Waals surface area contributed by atoms with Crippen molar-refractivity contribution in [2.75, 3.05) is 6.61 Å². The van der Waals surface area contributed by atoms with Gasteiger partial charge in [-0.3, -0.25) is 0 Å². The molecule has 0 aromatic heterocycles. The molecule has 0 amide bonds. The Bertz CT molecular complexity index is 538. The van der Waals surface area contributed by atoms with Crippen LogP contribution in [0, 0.1) is 0 Å². The van der Waals surface area contributed by atoms with Gasteiger partial charge in [0, 0.05) is 6.42 Å². The standard InChI is InChI=1S/C19H26O4/c1-2-3-6-14-7-4-8-15(11-14)9-5-10-18-16(21)12-17(22)19(13-20)23-18/h3-9,11,16-22H,2,10,12-13H2,1H3/b6-3+,9-5+/t16-,17-,18+,19+/m0/s1. The summed E-state index contributed by atoms with van der Waals surface area (Å²) in [6, 6.07) is 8.20. The molecule has 1 aliphatic heterocycles. The average molecular weight is 318 g/mol. The first-order valence-corrected chi connectivity index (χ1v) is 8.19. The third-order valence-electron chi connectivity index (χ3n) is 4.01. The predicted octanol–water partition coefficient (Wildman–Crippen LogP) is 2.38. The molecule has 126 valence electrons. The highest BCUT2D eigenvalue weighted by Gasteiger charge is 2.34. The lowest BCUT2D eigenvalue weighted by Gasteiger charge is -2.36. The van der Waals surface area contributed by atoms with Crippen molar-refractivity contribution in [3.05, 3.63) is 47.5 Å². The number of aliphatic hydroxyl groups is 3. The maximum atomic E-state index is 9.98. The second kappa shape index (κ2) is 8.99. The molecule has 1 fully saturated rings. The first-order chi connectivity index (χ1) is 11.1. The van der Waals surface area contributed by atoms with E-state index < -0.39 is 24.4 Å². The summed E-state index contributed by atoms with van der Waals surface area (Å²) in [6.07, 6.45) is 7.44. The Morgan fingerprint density at radius 1 is 1.09 bits per heavy atom. The van der Waals surface area contributed by atoms with E-state index in [1.807, 2.05) is 24.3 Å².